The van der Waals surface area contributed by atoms with E-state index < -0.39 is 0 Å². The van der Waals surface area contributed by atoms with Crippen LogP contribution in [-0.4, -0.2) is 0 Å². The van der Waals surface area contributed by atoms with Crippen LogP contribution in [0.1, 0.15) is 27.8 Å². The first-order valence-electron chi connectivity index (χ1n) is 29.8. The molecule has 13 aromatic carbocycles. The van der Waals surface area contributed by atoms with Crippen LogP contribution in [0.3, 0.4) is 0 Å². The first-order chi connectivity index (χ1) is 42.6. The minimum Gasteiger partial charge on any atom is -0.311 e. The summed E-state index contributed by atoms with van der Waals surface area (Å²) in [6.45, 7) is 10.7. The Bertz CT molecular complexity index is 4960. The maximum Gasteiger partial charge on any atom is 0.0468 e. The number of aryl methyl sites for hydroxylation is 5. The van der Waals surface area contributed by atoms with E-state index >= 15 is 0 Å². The van der Waals surface area contributed by atoms with Gasteiger partial charge in [-0.25, -0.2) is 0 Å². The average Bonchev–Trinajstić information content (AvgIpc) is 3.27. The standard InChI is InChI=1S/C81H62N4S2/c1-53-10-25-62(26-11-53)82(63-27-12-54(2)13-28-63)67-35-20-59(21-36-67)60-22-37-68(38-23-60)83(64-29-14-55(3)15-30-64)70-40-44-78-74(49-70)76-51-72(42-46-80(76)86-78)85(66-33-18-57(5)19-34-66)73-43-47-81-77(52-73)75-50-71(41-45-79(75)87-81)84(65-31-16-56(4)17-32-65)69-39-24-58-8-6-7-9-61(58)48-69/h6-52H,1-5H3. The van der Waals surface area contributed by atoms with Crippen molar-refractivity contribution in [3.05, 3.63) is 313 Å². The average molecular weight is 1160 g/mol. The number of anilines is 12. The van der Waals surface area contributed by atoms with Crippen LogP contribution in [0.5, 0.6) is 0 Å². The third-order valence-electron chi connectivity index (χ3n) is 16.9. The summed E-state index contributed by atoms with van der Waals surface area (Å²) in [4.78, 5) is 9.56. The van der Waals surface area contributed by atoms with Gasteiger partial charge in [0, 0.05) is 109 Å². The molecule has 0 atom stereocenters. The molecule has 2 aromatic heterocycles. The van der Waals surface area contributed by atoms with Gasteiger partial charge in [-0.2, -0.15) is 0 Å². The third kappa shape index (κ3) is 10.3. The molecule has 0 aliphatic rings. The zero-order valence-corrected chi connectivity index (χ0v) is 50.9. The Kier molecular flexibility index (Phi) is 13.7. The molecule has 4 nitrogen and oxygen atoms in total. The van der Waals surface area contributed by atoms with Gasteiger partial charge in [0.05, 0.1) is 0 Å². The van der Waals surface area contributed by atoms with Crippen molar-refractivity contribution in [2.24, 2.45) is 0 Å². The topological polar surface area (TPSA) is 13.0 Å². The molecule has 0 aliphatic heterocycles. The van der Waals surface area contributed by atoms with E-state index in [9.17, 15) is 0 Å². The van der Waals surface area contributed by atoms with Crippen LogP contribution in [0, 0.1) is 34.6 Å². The highest BCUT2D eigenvalue weighted by atomic mass is 32.1. The highest BCUT2D eigenvalue weighted by Crippen LogP contribution is 2.47. The number of hydrogen-bond acceptors (Lipinski definition) is 6. The summed E-state index contributed by atoms with van der Waals surface area (Å²) in [5.74, 6) is 0. The second-order valence-corrected chi connectivity index (χ2v) is 25.2. The molecule has 0 spiro atoms. The monoisotopic (exact) mass is 1150 g/mol. The van der Waals surface area contributed by atoms with Gasteiger partial charge >= 0.3 is 0 Å². The third-order valence-corrected chi connectivity index (χ3v) is 19.2. The van der Waals surface area contributed by atoms with Crippen molar-refractivity contribution in [2.45, 2.75) is 34.6 Å². The summed E-state index contributed by atoms with van der Waals surface area (Å²) in [5, 5.41) is 7.39. The first-order valence-corrected chi connectivity index (χ1v) is 31.4. The largest absolute Gasteiger partial charge is 0.311 e. The zero-order chi connectivity index (χ0) is 58.7. The quantitative estimate of drug-likeness (QED) is 0.114. The molecular formula is C81H62N4S2. The molecule has 418 valence electrons. The second-order valence-electron chi connectivity index (χ2n) is 23.1. The number of rotatable bonds is 13. The molecule has 0 amide bonds. The number of benzene rings is 13. The number of hydrogen-bond donors (Lipinski definition) is 0. The van der Waals surface area contributed by atoms with E-state index in [4.69, 9.17) is 0 Å². The van der Waals surface area contributed by atoms with Crippen LogP contribution in [-0.2, 0) is 0 Å². The van der Waals surface area contributed by atoms with Crippen molar-refractivity contribution in [2.75, 3.05) is 19.6 Å². The molecule has 6 heteroatoms. The lowest BCUT2D eigenvalue weighted by Crippen LogP contribution is -2.10. The van der Waals surface area contributed by atoms with Crippen molar-refractivity contribution in [1.29, 1.82) is 0 Å². The molecule has 0 bridgehead atoms. The molecular weight excluding hydrogens is 1090 g/mol. The molecule has 2 heterocycles. The SMILES string of the molecule is Cc1ccc(N(c2ccc(C)cc2)c2ccc(-c3ccc(N(c4ccc(C)cc4)c4ccc5sc6ccc(N(c7ccc(C)cc7)c7ccc8sc9ccc(N(c%10ccc(C)cc%10)c%10ccc%11ccccc%11c%10)cc9c8c7)cc6c5c4)cc3)cc2)cc1. The molecule has 0 aliphatic carbocycles. The van der Waals surface area contributed by atoms with Gasteiger partial charge < -0.3 is 19.6 Å². The van der Waals surface area contributed by atoms with Crippen molar-refractivity contribution in [3.8, 4) is 11.1 Å². The maximum absolute atomic E-state index is 2.44. The highest BCUT2D eigenvalue weighted by Gasteiger charge is 2.22. The summed E-state index contributed by atoms with van der Waals surface area (Å²) in [6, 6.07) is 106. The van der Waals surface area contributed by atoms with Gasteiger partial charge in [-0.15, -0.1) is 22.7 Å². The Morgan fingerprint density at radius 1 is 0.195 bits per heavy atom. The molecule has 0 unspecified atom stereocenters. The number of fused-ring (bicyclic) bond motifs is 7. The summed E-state index contributed by atoms with van der Waals surface area (Å²) >= 11 is 3.71. The lowest BCUT2D eigenvalue weighted by atomic mass is 10.0. The van der Waals surface area contributed by atoms with E-state index in [1.807, 2.05) is 22.7 Å². The minimum absolute atomic E-state index is 1.09. The fraction of sp³-hybridized carbons (Fsp3) is 0.0617. The normalized spacial score (nSPS) is 11.5. The van der Waals surface area contributed by atoms with Gasteiger partial charge in [-0.3, -0.25) is 0 Å². The Morgan fingerprint density at radius 2 is 0.414 bits per heavy atom. The highest BCUT2D eigenvalue weighted by molar-refractivity contribution is 7.26. The second kappa shape index (κ2) is 22.3. The van der Waals surface area contributed by atoms with Gasteiger partial charge in [0.15, 0.2) is 0 Å². The van der Waals surface area contributed by atoms with Crippen LogP contribution in [0.15, 0.2) is 285 Å². The van der Waals surface area contributed by atoms with E-state index in [0.29, 0.717) is 0 Å². The van der Waals surface area contributed by atoms with Crippen molar-refractivity contribution in [3.63, 3.8) is 0 Å². The maximum atomic E-state index is 2.44. The summed E-state index contributed by atoms with van der Waals surface area (Å²) in [6.07, 6.45) is 0. The number of nitrogens with zero attached hydrogens (tertiary/aromatic N) is 4. The van der Waals surface area contributed by atoms with E-state index in [2.05, 4.69) is 339 Å². The predicted molar refractivity (Wildman–Crippen MR) is 378 cm³/mol. The zero-order valence-electron chi connectivity index (χ0n) is 49.2. The van der Waals surface area contributed by atoms with E-state index in [-0.39, 0.29) is 0 Å². The fourth-order valence-corrected chi connectivity index (χ4v) is 14.4. The van der Waals surface area contributed by atoms with E-state index in [0.717, 1.165) is 79.4 Å². The molecule has 0 N–H and O–H groups in total. The Hall–Kier alpha value is -10.2. The van der Waals surface area contributed by atoms with Gasteiger partial charge in [-0.1, -0.05) is 143 Å². The fourth-order valence-electron chi connectivity index (χ4n) is 12.2. The summed E-state index contributed by atoms with van der Waals surface area (Å²) in [7, 11) is 0. The van der Waals surface area contributed by atoms with Crippen LogP contribution in [0.25, 0.3) is 62.2 Å². The van der Waals surface area contributed by atoms with Crippen LogP contribution in [0.4, 0.5) is 68.2 Å². The minimum atomic E-state index is 1.09. The Morgan fingerprint density at radius 3 is 0.713 bits per heavy atom. The predicted octanol–water partition coefficient (Wildman–Crippen LogP) is 24.7. The van der Waals surface area contributed by atoms with Gasteiger partial charge in [0.2, 0.25) is 0 Å². The Labute approximate surface area is 516 Å². The molecule has 15 aromatic rings. The van der Waals surface area contributed by atoms with Crippen molar-refractivity contribution < 1.29 is 0 Å². The molecule has 0 saturated heterocycles. The van der Waals surface area contributed by atoms with Gasteiger partial charge in [0.1, 0.15) is 0 Å². The summed E-state index contributed by atoms with van der Waals surface area (Å²) in [5.41, 5.74) is 21.9. The van der Waals surface area contributed by atoms with Crippen molar-refractivity contribution >= 4 is 142 Å². The molecule has 87 heavy (non-hydrogen) atoms. The molecule has 0 radical (unpaired) electrons. The Balaban J connectivity index is 0.793. The van der Waals surface area contributed by atoms with E-state index in [1.165, 1.54) is 78.9 Å². The smallest absolute Gasteiger partial charge is 0.0468 e. The number of thiophene rings is 2. The van der Waals surface area contributed by atoms with Crippen LogP contribution < -0.4 is 19.6 Å². The van der Waals surface area contributed by atoms with Gasteiger partial charge in [-0.05, 0) is 226 Å². The van der Waals surface area contributed by atoms with Crippen molar-refractivity contribution in [1.82, 2.24) is 0 Å². The van der Waals surface area contributed by atoms with E-state index in [1.54, 1.807) is 0 Å². The molecule has 0 saturated carbocycles. The van der Waals surface area contributed by atoms with Gasteiger partial charge in [0.25, 0.3) is 0 Å². The molecule has 0 fully saturated rings. The lowest BCUT2D eigenvalue weighted by molar-refractivity contribution is 1.27. The lowest BCUT2D eigenvalue weighted by Gasteiger charge is -2.27. The molecule has 15 rings (SSSR count). The first kappa shape index (κ1) is 53.5. The van der Waals surface area contributed by atoms with Crippen LogP contribution in [0.2, 0.25) is 0 Å². The van der Waals surface area contributed by atoms with Crippen LogP contribution >= 0.6 is 22.7 Å². The summed E-state index contributed by atoms with van der Waals surface area (Å²) < 4.78 is 5.03.